The minimum Gasteiger partial charge on any atom is -0.294 e. The Balaban J connectivity index is 3.08. The first-order valence-corrected chi connectivity index (χ1v) is 4.98. The van der Waals surface area contributed by atoms with Crippen LogP contribution < -0.4 is 0 Å². The third-order valence-corrected chi connectivity index (χ3v) is 2.80. The molecule has 1 nitrogen and oxygen atoms in total. The number of halogens is 3. The van der Waals surface area contributed by atoms with E-state index in [9.17, 15) is 13.6 Å². The molecule has 0 saturated heterocycles. The van der Waals surface area contributed by atoms with Gasteiger partial charge < -0.3 is 0 Å². The number of benzene rings is 1. The Morgan fingerprint density at radius 1 is 1.33 bits per heavy atom. The lowest BCUT2D eigenvalue weighted by molar-refractivity contribution is 0.0861. The standard InChI is InChI=1S/C11H11ClF2O/c1-11(2,6-12)10(15)7-3-4-8(13)9(14)5-7/h3-5H,6H2,1-2H3. The van der Waals surface area contributed by atoms with Gasteiger partial charge in [0.2, 0.25) is 0 Å². The number of hydrogen-bond donors (Lipinski definition) is 0. The third kappa shape index (κ3) is 2.53. The van der Waals surface area contributed by atoms with Crippen molar-refractivity contribution in [2.45, 2.75) is 13.8 Å². The SMILES string of the molecule is CC(C)(CCl)C(=O)c1ccc(F)c(F)c1. The van der Waals surface area contributed by atoms with E-state index in [2.05, 4.69) is 0 Å². The van der Waals surface area contributed by atoms with Crippen LogP contribution in [0.2, 0.25) is 0 Å². The van der Waals surface area contributed by atoms with Crippen LogP contribution in [-0.4, -0.2) is 11.7 Å². The quantitative estimate of drug-likeness (QED) is 0.577. The van der Waals surface area contributed by atoms with E-state index in [1.165, 1.54) is 6.07 Å². The van der Waals surface area contributed by atoms with Gasteiger partial charge in [0.15, 0.2) is 17.4 Å². The van der Waals surface area contributed by atoms with Gasteiger partial charge in [-0.2, -0.15) is 0 Å². The van der Waals surface area contributed by atoms with Crippen LogP contribution in [0.15, 0.2) is 18.2 Å². The zero-order chi connectivity index (χ0) is 11.6. The summed E-state index contributed by atoms with van der Waals surface area (Å²) in [5.74, 6) is -2.15. The van der Waals surface area contributed by atoms with Crippen molar-refractivity contribution >= 4 is 17.4 Å². The second-order valence-electron chi connectivity index (χ2n) is 3.98. The van der Waals surface area contributed by atoms with E-state index in [4.69, 9.17) is 11.6 Å². The summed E-state index contributed by atoms with van der Waals surface area (Å²) in [6, 6.07) is 3.09. The van der Waals surface area contributed by atoms with Gasteiger partial charge in [0.05, 0.1) is 0 Å². The maximum Gasteiger partial charge on any atom is 0.169 e. The van der Waals surface area contributed by atoms with E-state index < -0.39 is 17.0 Å². The maximum atomic E-state index is 12.9. The van der Waals surface area contributed by atoms with Gasteiger partial charge >= 0.3 is 0 Å². The molecule has 0 aromatic heterocycles. The Morgan fingerprint density at radius 2 is 1.93 bits per heavy atom. The summed E-state index contributed by atoms with van der Waals surface area (Å²) in [6.45, 7) is 3.31. The molecule has 1 rings (SSSR count). The minimum atomic E-state index is -1.02. The van der Waals surface area contributed by atoms with Crippen molar-refractivity contribution in [2.75, 3.05) is 5.88 Å². The molecule has 0 fully saturated rings. The Bertz CT molecular complexity index is 388. The minimum absolute atomic E-state index is 0.130. The molecule has 0 saturated carbocycles. The van der Waals surface area contributed by atoms with Crippen molar-refractivity contribution in [1.29, 1.82) is 0 Å². The molecule has 0 atom stereocenters. The summed E-state index contributed by atoms with van der Waals surface area (Å²) in [4.78, 5) is 11.8. The number of alkyl halides is 1. The molecule has 0 heterocycles. The van der Waals surface area contributed by atoms with Crippen LogP contribution in [0.25, 0.3) is 0 Å². The van der Waals surface area contributed by atoms with Gasteiger partial charge in [-0.25, -0.2) is 8.78 Å². The van der Waals surface area contributed by atoms with Gasteiger partial charge in [0.1, 0.15) is 0 Å². The zero-order valence-electron chi connectivity index (χ0n) is 8.48. The molecule has 82 valence electrons. The molecule has 0 amide bonds. The summed E-state index contributed by atoms with van der Waals surface area (Å²) in [5.41, 5.74) is -0.634. The highest BCUT2D eigenvalue weighted by Gasteiger charge is 2.28. The average molecular weight is 233 g/mol. The first-order chi connectivity index (χ1) is 6.88. The molecule has 0 radical (unpaired) electrons. The smallest absolute Gasteiger partial charge is 0.169 e. The van der Waals surface area contributed by atoms with Crippen LogP contribution in [-0.2, 0) is 0 Å². The van der Waals surface area contributed by atoms with Crippen molar-refractivity contribution in [3.8, 4) is 0 Å². The van der Waals surface area contributed by atoms with Gasteiger partial charge in [-0.1, -0.05) is 13.8 Å². The Morgan fingerprint density at radius 3 is 2.40 bits per heavy atom. The van der Waals surface area contributed by atoms with Crippen LogP contribution in [0.1, 0.15) is 24.2 Å². The molecule has 0 spiro atoms. The highest BCUT2D eigenvalue weighted by molar-refractivity contribution is 6.20. The van der Waals surface area contributed by atoms with Crippen molar-refractivity contribution in [3.63, 3.8) is 0 Å². The van der Waals surface area contributed by atoms with E-state index in [0.717, 1.165) is 12.1 Å². The fourth-order valence-electron chi connectivity index (χ4n) is 1.09. The van der Waals surface area contributed by atoms with Gasteiger partial charge in [0, 0.05) is 16.9 Å². The molecule has 0 aliphatic rings. The predicted molar refractivity (Wildman–Crippen MR) is 55.2 cm³/mol. The molecule has 15 heavy (non-hydrogen) atoms. The van der Waals surface area contributed by atoms with E-state index in [-0.39, 0.29) is 17.2 Å². The van der Waals surface area contributed by atoms with Crippen LogP contribution in [0, 0.1) is 17.0 Å². The molecule has 1 aromatic rings. The van der Waals surface area contributed by atoms with Crippen LogP contribution in [0.4, 0.5) is 8.78 Å². The summed E-state index contributed by atoms with van der Waals surface area (Å²) in [5, 5.41) is 0. The fraction of sp³-hybridized carbons (Fsp3) is 0.364. The van der Waals surface area contributed by atoms with Crippen molar-refractivity contribution in [2.24, 2.45) is 5.41 Å². The number of ketones is 1. The molecule has 0 aliphatic heterocycles. The molecule has 0 N–H and O–H groups in total. The van der Waals surface area contributed by atoms with Gasteiger partial charge in [-0.05, 0) is 18.2 Å². The molecule has 0 unspecified atom stereocenters. The zero-order valence-corrected chi connectivity index (χ0v) is 9.24. The van der Waals surface area contributed by atoms with Crippen molar-refractivity contribution in [3.05, 3.63) is 35.4 Å². The topological polar surface area (TPSA) is 17.1 Å². The average Bonchev–Trinajstić information content (AvgIpc) is 2.21. The lowest BCUT2D eigenvalue weighted by Gasteiger charge is -2.19. The highest BCUT2D eigenvalue weighted by atomic mass is 35.5. The number of carbonyl (C=O) groups excluding carboxylic acids is 1. The van der Waals surface area contributed by atoms with Gasteiger partial charge in [-0.15, -0.1) is 11.6 Å². The second-order valence-corrected chi connectivity index (χ2v) is 4.24. The van der Waals surface area contributed by atoms with E-state index >= 15 is 0 Å². The monoisotopic (exact) mass is 232 g/mol. The lowest BCUT2D eigenvalue weighted by atomic mass is 9.86. The molecular formula is C11H11ClF2O. The van der Waals surface area contributed by atoms with Crippen LogP contribution in [0.3, 0.4) is 0 Å². The van der Waals surface area contributed by atoms with Crippen molar-refractivity contribution in [1.82, 2.24) is 0 Å². The molecule has 1 aromatic carbocycles. The molecule has 0 bridgehead atoms. The Hall–Kier alpha value is -0.960. The fourth-order valence-corrected chi connectivity index (χ4v) is 1.21. The summed E-state index contributed by atoms with van der Waals surface area (Å²) in [6.07, 6.45) is 0. The van der Waals surface area contributed by atoms with Gasteiger partial charge in [0.25, 0.3) is 0 Å². The van der Waals surface area contributed by atoms with E-state index in [1.807, 2.05) is 0 Å². The van der Waals surface area contributed by atoms with E-state index in [0.29, 0.717) is 0 Å². The van der Waals surface area contributed by atoms with E-state index in [1.54, 1.807) is 13.8 Å². The Kier molecular flexibility index (Phi) is 3.45. The Labute approximate surface area is 92.1 Å². The third-order valence-electron chi connectivity index (χ3n) is 2.13. The van der Waals surface area contributed by atoms with Crippen LogP contribution in [0.5, 0.6) is 0 Å². The number of rotatable bonds is 3. The predicted octanol–water partition coefficient (Wildman–Crippen LogP) is 3.41. The molecular weight excluding hydrogens is 222 g/mol. The first-order valence-electron chi connectivity index (χ1n) is 4.44. The summed E-state index contributed by atoms with van der Waals surface area (Å²) < 4.78 is 25.5. The second kappa shape index (κ2) is 4.27. The molecule has 4 heteroatoms. The first kappa shape index (κ1) is 12.1. The summed E-state index contributed by atoms with van der Waals surface area (Å²) >= 11 is 5.62. The number of carbonyl (C=O) groups is 1. The normalized spacial score (nSPS) is 11.5. The summed E-state index contributed by atoms with van der Waals surface area (Å²) in [7, 11) is 0. The van der Waals surface area contributed by atoms with Gasteiger partial charge in [-0.3, -0.25) is 4.79 Å². The number of Topliss-reactive ketones (excluding diaryl/α,β-unsaturated/α-hetero) is 1. The largest absolute Gasteiger partial charge is 0.294 e. The highest BCUT2D eigenvalue weighted by Crippen LogP contribution is 2.24. The van der Waals surface area contributed by atoms with Crippen LogP contribution >= 0.6 is 11.6 Å². The molecule has 0 aliphatic carbocycles. The maximum absolute atomic E-state index is 12.9. The van der Waals surface area contributed by atoms with Crippen molar-refractivity contribution < 1.29 is 13.6 Å². The number of hydrogen-bond acceptors (Lipinski definition) is 1. The lowest BCUT2D eigenvalue weighted by Crippen LogP contribution is -2.26.